The second kappa shape index (κ2) is 11.8. The van der Waals surface area contributed by atoms with Crippen LogP contribution >= 0.6 is 0 Å². The first-order valence-corrected chi connectivity index (χ1v) is 11.2. The van der Waals surface area contributed by atoms with Crippen LogP contribution in [0.15, 0.2) is 91.0 Å². The van der Waals surface area contributed by atoms with E-state index >= 15 is 0 Å². The first-order chi connectivity index (χ1) is 16.7. The van der Waals surface area contributed by atoms with Crippen LogP contribution in [-0.4, -0.2) is 30.2 Å². The molecule has 0 fully saturated rings. The molecule has 0 aliphatic heterocycles. The molecule has 1 amide bonds. The molecule has 0 saturated heterocycles. The first kappa shape index (κ1) is 25.5. The van der Waals surface area contributed by atoms with E-state index in [0.717, 1.165) is 11.1 Å². The van der Waals surface area contributed by atoms with E-state index in [1.807, 2.05) is 60.7 Å². The van der Waals surface area contributed by atoms with Gasteiger partial charge in [-0.25, -0.2) is 9.59 Å². The van der Waals surface area contributed by atoms with Gasteiger partial charge in [0, 0.05) is 5.56 Å². The molecule has 182 valence electrons. The van der Waals surface area contributed by atoms with Gasteiger partial charge >= 0.3 is 18.0 Å². The van der Waals surface area contributed by atoms with Gasteiger partial charge in [-0.05, 0) is 31.9 Å². The largest absolute Gasteiger partial charge is 0.450 e. The number of carbonyl (C=O) groups excluding carboxylic acids is 3. The number of rotatable bonds is 8. The number of hydrogen-bond acceptors (Lipinski definition) is 6. The predicted molar refractivity (Wildman–Crippen MR) is 130 cm³/mol. The maximum Gasteiger partial charge on any atom is 0.408 e. The third-order valence-electron chi connectivity index (χ3n) is 4.78. The Hall–Kier alpha value is -4.13. The summed E-state index contributed by atoms with van der Waals surface area (Å²) in [5.41, 5.74) is 1.28. The molecule has 35 heavy (non-hydrogen) atoms. The predicted octanol–water partition coefficient (Wildman–Crippen LogP) is 5.13. The summed E-state index contributed by atoms with van der Waals surface area (Å²) < 4.78 is 16.5. The lowest BCUT2D eigenvalue weighted by Crippen LogP contribution is -2.37. The van der Waals surface area contributed by atoms with E-state index in [1.165, 1.54) is 0 Å². The fraction of sp³-hybridized carbons (Fsp3) is 0.250. The minimum atomic E-state index is -1.32. The number of hydrogen-bond donors (Lipinski definition) is 1. The molecule has 1 atom stereocenters. The lowest BCUT2D eigenvalue weighted by Gasteiger charge is -2.23. The molecule has 3 aromatic rings. The van der Waals surface area contributed by atoms with Gasteiger partial charge in [0.05, 0.1) is 0 Å². The highest BCUT2D eigenvalue weighted by Gasteiger charge is 2.30. The Bertz CT molecular complexity index is 1070. The number of alkyl carbamates (subject to hydrolysis) is 1. The highest BCUT2D eigenvalue weighted by molar-refractivity contribution is 5.83. The Balaban J connectivity index is 1.78. The quantitative estimate of drug-likeness (QED) is 0.359. The van der Waals surface area contributed by atoms with Crippen molar-refractivity contribution in [2.75, 3.05) is 6.54 Å². The maximum absolute atomic E-state index is 13.4. The number of carbonyl (C=O) groups is 3. The molecule has 1 N–H and O–H groups in total. The average molecular weight is 476 g/mol. The topological polar surface area (TPSA) is 90.9 Å². The van der Waals surface area contributed by atoms with Gasteiger partial charge < -0.3 is 19.5 Å². The van der Waals surface area contributed by atoms with Crippen molar-refractivity contribution >= 4 is 18.0 Å². The van der Waals surface area contributed by atoms with Crippen LogP contribution in [0.3, 0.4) is 0 Å². The Morgan fingerprint density at radius 2 is 1.17 bits per heavy atom. The molecule has 0 radical (unpaired) electrons. The molecule has 0 aliphatic carbocycles. The van der Waals surface area contributed by atoms with Gasteiger partial charge in [0.25, 0.3) is 0 Å². The van der Waals surface area contributed by atoms with Crippen molar-refractivity contribution in [3.63, 3.8) is 0 Å². The van der Waals surface area contributed by atoms with Crippen LogP contribution in [0.1, 0.15) is 49.7 Å². The smallest absolute Gasteiger partial charge is 0.408 e. The summed E-state index contributed by atoms with van der Waals surface area (Å²) in [5, 5.41) is 2.34. The zero-order valence-electron chi connectivity index (χ0n) is 20.0. The Labute approximate surface area is 205 Å². The van der Waals surface area contributed by atoms with Crippen LogP contribution in [0.25, 0.3) is 0 Å². The minimum Gasteiger partial charge on any atom is -0.450 e. The van der Waals surface area contributed by atoms with Gasteiger partial charge in [-0.15, -0.1) is 0 Å². The number of ether oxygens (including phenoxy) is 3. The van der Waals surface area contributed by atoms with Crippen LogP contribution in [0.5, 0.6) is 0 Å². The third-order valence-corrected chi connectivity index (χ3v) is 4.78. The lowest BCUT2D eigenvalue weighted by molar-refractivity contribution is -0.170. The summed E-state index contributed by atoms with van der Waals surface area (Å²) in [7, 11) is 0. The van der Waals surface area contributed by atoms with Gasteiger partial charge in [0.2, 0.25) is 6.10 Å². The number of esters is 2. The van der Waals surface area contributed by atoms with Crippen molar-refractivity contribution in [3.05, 3.63) is 108 Å². The molecule has 1 unspecified atom stereocenters. The molecule has 7 heteroatoms. The monoisotopic (exact) mass is 475 g/mol. The molecule has 0 aliphatic rings. The first-order valence-electron chi connectivity index (χ1n) is 11.2. The molecule has 0 heterocycles. The van der Waals surface area contributed by atoms with Gasteiger partial charge in [0.1, 0.15) is 12.1 Å². The van der Waals surface area contributed by atoms with Crippen molar-refractivity contribution < 1.29 is 28.6 Å². The number of amides is 1. The zero-order valence-corrected chi connectivity index (χ0v) is 20.0. The summed E-state index contributed by atoms with van der Waals surface area (Å²) >= 11 is 0. The molecule has 0 aromatic heterocycles. The van der Waals surface area contributed by atoms with E-state index in [1.54, 1.807) is 51.1 Å². The average Bonchev–Trinajstić information content (AvgIpc) is 2.85. The van der Waals surface area contributed by atoms with Crippen molar-refractivity contribution in [2.24, 2.45) is 0 Å². The van der Waals surface area contributed by atoms with Crippen LogP contribution in [0, 0.1) is 0 Å². The molecule has 7 nitrogen and oxygen atoms in total. The Morgan fingerprint density at radius 3 is 1.63 bits per heavy atom. The van der Waals surface area contributed by atoms with Crippen molar-refractivity contribution in [3.8, 4) is 0 Å². The molecule has 3 aromatic carbocycles. The molecule has 0 saturated carbocycles. The SMILES string of the molecule is CC(C)(C)OC(=O)NCC(=O)OC(C(=O)OC(c1ccccc1)c1ccccc1)c1ccccc1. The van der Waals surface area contributed by atoms with Gasteiger partial charge in [-0.2, -0.15) is 0 Å². The zero-order chi connectivity index (χ0) is 25.3. The summed E-state index contributed by atoms with van der Waals surface area (Å²) in [5.74, 6) is -1.54. The number of benzene rings is 3. The van der Waals surface area contributed by atoms with E-state index in [2.05, 4.69) is 5.32 Å². The second-order valence-electron chi connectivity index (χ2n) is 8.77. The Morgan fingerprint density at radius 1 is 0.714 bits per heavy atom. The summed E-state index contributed by atoms with van der Waals surface area (Å²) in [6, 6.07) is 27.2. The van der Waals surface area contributed by atoms with Crippen molar-refractivity contribution in [1.82, 2.24) is 5.32 Å². The minimum absolute atomic E-state index is 0.447. The summed E-state index contributed by atoms with van der Waals surface area (Å²) in [6.45, 7) is 4.67. The van der Waals surface area contributed by atoms with E-state index < -0.39 is 42.4 Å². The van der Waals surface area contributed by atoms with Gasteiger partial charge in [0.15, 0.2) is 6.10 Å². The molecular formula is C28H29NO6. The van der Waals surface area contributed by atoms with Crippen molar-refractivity contribution in [1.29, 1.82) is 0 Å². The normalized spacial score (nSPS) is 11.9. The fourth-order valence-corrected chi connectivity index (χ4v) is 3.27. The maximum atomic E-state index is 13.4. The van der Waals surface area contributed by atoms with Gasteiger partial charge in [-0.3, -0.25) is 4.79 Å². The van der Waals surface area contributed by atoms with Gasteiger partial charge in [-0.1, -0.05) is 91.0 Å². The fourth-order valence-electron chi connectivity index (χ4n) is 3.27. The summed E-state index contributed by atoms with van der Waals surface area (Å²) in [6.07, 6.45) is -2.78. The molecule has 0 bridgehead atoms. The van der Waals surface area contributed by atoms with E-state index in [-0.39, 0.29) is 0 Å². The molecular weight excluding hydrogens is 446 g/mol. The van der Waals surface area contributed by atoms with Crippen molar-refractivity contribution in [2.45, 2.75) is 38.6 Å². The van der Waals surface area contributed by atoms with Crippen LogP contribution in [0.4, 0.5) is 4.79 Å². The summed E-state index contributed by atoms with van der Waals surface area (Å²) in [4.78, 5) is 37.8. The van der Waals surface area contributed by atoms with Crippen LogP contribution in [0.2, 0.25) is 0 Å². The lowest BCUT2D eigenvalue weighted by atomic mass is 10.0. The third kappa shape index (κ3) is 7.99. The van der Waals surface area contributed by atoms with E-state index in [0.29, 0.717) is 5.56 Å². The van der Waals surface area contributed by atoms with Crippen LogP contribution < -0.4 is 5.32 Å². The van der Waals surface area contributed by atoms with E-state index in [4.69, 9.17) is 14.2 Å². The molecule has 0 spiro atoms. The Kier molecular flexibility index (Phi) is 8.62. The number of nitrogens with one attached hydrogen (secondary N) is 1. The van der Waals surface area contributed by atoms with Crippen LogP contribution in [-0.2, 0) is 23.8 Å². The standard InChI is InChI=1S/C28H29NO6/c1-28(2,3)35-27(32)29-19-23(30)33-25(22-17-11-6-12-18-22)26(31)34-24(20-13-7-4-8-14-20)21-15-9-5-10-16-21/h4-18,24-25H,19H2,1-3H3,(H,29,32). The highest BCUT2D eigenvalue weighted by atomic mass is 16.6. The highest BCUT2D eigenvalue weighted by Crippen LogP contribution is 2.29. The second-order valence-corrected chi connectivity index (χ2v) is 8.77. The molecule has 3 rings (SSSR count). The van der Waals surface area contributed by atoms with E-state index in [9.17, 15) is 14.4 Å².